The van der Waals surface area contributed by atoms with E-state index in [2.05, 4.69) is 21.3 Å². The number of nitrogens with one attached hydrogen (secondary N) is 1. The smallest absolute Gasteiger partial charge is 0.0640 e. The van der Waals surface area contributed by atoms with E-state index in [-0.39, 0.29) is 0 Å². The summed E-state index contributed by atoms with van der Waals surface area (Å²) < 4.78 is 5.09. The van der Waals surface area contributed by atoms with Crippen LogP contribution in [-0.2, 0) is 4.74 Å². The minimum atomic E-state index is 0.495. The van der Waals surface area contributed by atoms with Crippen LogP contribution in [0.15, 0.2) is 18.5 Å². The Morgan fingerprint density at radius 2 is 2.28 bits per heavy atom. The van der Waals surface area contributed by atoms with Gasteiger partial charge in [-0.05, 0) is 13.0 Å². The van der Waals surface area contributed by atoms with Crippen molar-refractivity contribution < 1.29 is 4.74 Å². The van der Waals surface area contributed by atoms with Crippen molar-refractivity contribution in [2.45, 2.75) is 13.3 Å². The average molecular weight is 248 g/mol. The molecule has 0 aliphatic heterocycles. The molecule has 98 valence electrons. The fraction of sp³-hybridized carbons (Fsp3) is 0.538. The molecule has 0 aliphatic rings. The average Bonchev–Trinajstić information content (AvgIpc) is 2.40. The Bertz CT molecular complexity index is 389. The molecule has 1 aromatic rings. The van der Waals surface area contributed by atoms with E-state index in [1.807, 2.05) is 19.2 Å². The molecule has 1 N–H and O–H groups in total. The fourth-order valence-electron chi connectivity index (χ4n) is 1.66. The van der Waals surface area contributed by atoms with Crippen molar-refractivity contribution in [3.8, 4) is 6.07 Å². The molecule has 0 saturated carbocycles. The van der Waals surface area contributed by atoms with E-state index in [4.69, 9.17) is 10.00 Å². The number of hydrogen-bond donors (Lipinski definition) is 1. The first-order valence-electron chi connectivity index (χ1n) is 6.11. The van der Waals surface area contributed by atoms with Gasteiger partial charge in [-0.15, -0.1) is 0 Å². The van der Waals surface area contributed by atoms with Gasteiger partial charge in [0.2, 0.25) is 0 Å². The van der Waals surface area contributed by atoms with E-state index in [0.717, 1.165) is 24.5 Å². The van der Waals surface area contributed by atoms with Crippen LogP contribution < -0.4 is 10.2 Å². The molecule has 5 nitrogen and oxygen atoms in total. The van der Waals surface area contributed by atoms with Crippen LogP contribution >= 0.6 is 0 Å². The van der Waals surface area contributed by atoms with Gasteiger partial charge >= 0.3 is 0 Å². The molecule has 0 aromatic carbocycles. The molecule has 0 spiro atoms. The summed E-state index contributed by atoms with van der Waals surface area (Å²) in [5.41, 5.74) is 2.01. The van der Waals surface area contributed by atoms with Crippen molar-refractivity contribution in [2.75, 3.05) is 43.6 Å². The lowest BCUT2D eigenvalue weighted by atomic mass is 10.3. The van der Waals surface area contributed by atoms with Gasteiger partial charge in [-0.2, -0.15) is 5.26 Å². The second-order valence-electron chi connectivity index (χ2n) is 3.85. The number of aromatic nitrogens is 1. The van der Waals surface area contributed by atoms with Crippen LogP contribution in [0.1, 0.15) is 13.3 Å². The van der Waals surface area contributed by atoms with Crippen molar-refractivity contribution >= 4 is 11.4 Å². The molecule has 0 bridgehead atoms. The first-order chi connectivity index (χ1) is 8.81. The second kappa shape index (κ2) is 8.31. The SMILES string of the molecule is CCNc1cncc(N(CCC#N)CCOC)c1. The zero-order chi connectivity index (χ0) is 13.2. The topological polar surface area (TPSA) is 61.2 Å². The van der Waals surface area contributed by atoms with Crippen LogP contribution in [0.4, 0.5) is 11.4 Å². The summed E-state index contributed by atoms with van der Waals surface area (Å²) in [5.74, 6) is 0. The molecular formula is C13H20N4O. The molecule has 5 heteroatoms. The minimum Gasteiger partial charge on any atom is -0.384 e. The predicted octanol–water partition coefficient (Wildman–Crippen LogP) is 1.88. The molecule has 0 fully saturated rings. The molecule has 0 atom stereocenters. The van der Waals surface area contributed by atoms with Crippen molar-refractivity contribution in [2.24, 2.45) is 0 Å². The number of nitriles is 1. The number of pyridine rings is 1. The molecular weight excluding hydrogens is 228 g/mol. The monoisotopic (exact) mass is 248 g/mol. The Morgan fingerprint density at radius 3 is 2.94 bits per heavy atom. The van der Waals surface area contributed by atoms with Gasteiger partial charge in [-0.25, -0.2) is 0 Å². The highest BCUT2D eigenvalue weighted by molar-refractivity contribution is 5.55. The van der Waals surface area contributed by atoms with Crippen molar-refractivity contribution in [3.63, 3.8) is 0 Å². The number of ether oxygens (including phenoxy) is 1. The summed E-state index contributed by atoms with van der Waals surface area (Å²) in [7, 11) is 1.68. The van der Waals surface area contributed by atoms with E-state index >= 15 is 0 Å². The van der Waals surface area contributed by atoms with E-state index in [1.54, 1.807) is 13.3 Å². The Hall–Kier alpha value is -1.80. The number of rotatable bonds is 8. The van der Waals surface area contributed by atoms with Gasteiger partial charge in [0.25, 0.3) is 0 Å². The summed E-state index contributed by atoms with van der Waals surface area (Å²) in [6, 6.07) is 4.21. The van der Waals surface area contributed by atoms with Crippen LogP contribution in [0, 0.1) is 11.3 Å². The van der Waals surface area contributed by atoms with E-state index < -0.39 is 0 Å². The van der Waals surface area contributed by atoms with E-state index in [9.17, 15) is 0 Å². The van der Waals surface area contributed by atoms with Crippen LogP contribution in [0.2, 0.25) is 0 Å². The normalized spacial score (nSPS) is 9.83. The zero-order valence-corrected chi connectivity index (χ0v) is 11.0. The third-order valence-corrected chi connectivity index (χ3v) is 2.53. The van der Waals surface area contributed by atoms with E-state index in [0.29, 0.717) is 19.6 Å². The van der Waals surface area contributed by atoms with Crippen molar-refractivity contribution in [3.05, 3.63) is 18.5 Å². The van der Waals surface area contributed by atoms with Crippen LogP contribution in [0.5, 0.6) is 0 Å². The van der Waals surface area contributed by atoms with Crippen LogP contribution in [0.25, 0.3) is 0 Å². The van der Waals surface area contributed by atoms with Gasteiger partial charge in [0.15, 0.2) is 0 Å². The van der Waals surface area contributed by atoms with Gasteiger partial charge < -0.3 is 15.0 Å². The fourth-order valence-corrected chi connectivity index (χ4v) is 1.66. The largest absolute Gasteiger partial charge is 0.384 e. The lowest BCUT2D eigenvalue weighted by Crippen LogP contribution is -2.28. The highest BCUT2D eigenvalue weighted by atomic mass is 16.5. The van der Waals surface area contributed by atoms with Gasteiger partial charge in [0.05, 0.1) is 42.9 Å². The number of nitrogens with zero attached hydrogens (tertiary/aromatic N) is 3. The highest BCUT2D eigenvalue weighted by Crippen LogP contribution is 2.17. The Labute approximate surface area is 108 Å². The predicted molar refractivity (Wildman–Crippen MR) is 72.7 cm³/mol. The maximum Gasteiger partial charge on any atom is 0.0640 e. The zero-order valence-electron chi connectivity index (χ0n) is 11.0. The molecule has 0 saturated heterocycles. The quantitative estimate of drug-likeness (QED) is 0.761. The minimum absolute atomic E-state index is 0.495. The maximum atomic E-state index is 8.69. The first kappa shape index (κ1) is 14.3. The molecule has 1 heterocycles. The van der Waals surface area contributed by atoms with Gasteiger partial charge in [-0.3, -0.25) is 4.98 Å². The summed E-state index contributed by atoms with van der Waals surface area (Å²) in [6.45, 7) is 5.00. The third kappa shape index (κ3) is 4.60. The van der Waals surface area contributed by atoms with Crippen molar-refractivity contribution in [1.82, 2.24) is 4.98 Å². The summed E-state index contributed by atoms with van der Waals surface area (Å²) in [5, 5.41) is 11.9. The molecule has 0 amide bonds. The van der Waals surface area contributed by atoms with Crippen LogP contribution in [-0.4, -0.2) is 38.3 Å². The van der Waals surface area contributed by atoms with Crippen molar-refractivity contribution in [1.29, 1.82) is 5.26 Å². The lowest BCUT2D eigenvalue weighted by Gasteiger charge is -2.23. The summed E-state index contributed by atoms with van der Waals surface area (Å²) in [6.07, 6.45) is 4.11. The number of hydrogen-bond acceptors (Lipinski definition) is 5. The van der Waals surface area contributed by atoms with Gasteiger partial charge in [0, 0.05) is 26.7 Å². The molecule has 18 heavy (non-hydrogen) atoms. The first-order valence-corrected chi connectivity index (χ1v) is 6.11. The number of anilines is 2. The van der Waals surface area contributed by atoms with Gasteiger partial charge in [0.1, 0.15) is 0 Å². The lowest BCUT2D eigenvalue weighted by molar-refractivity contribution is 0.205. The Morgan fingerprint density at radius 1 is 1.44 bits per heavy atom. The van der Waals surface area contributed by atoms with E-state index in [1.165, 1.54) is 0 Å². The molecule has 0 unspecified atom stereocenters. The molecule has 1 aromatic heterocycles. The third-order valence-electron chi connectivity index (χ3n) is 2.53. The number of methoxy groups -OCH3 is 1. The molecule has 1 rings (SSSR count). The molecule has 0 radical (unpaired) electrons. The molecule has 0 aliphatic carbocycles. The Balaban J connectivity index is 2.75. The van der Waals surface area contributed by atoms with Gasteiger partial charge in [-0.1, -0.05) is 0 Å². The Kier molecular flexibility index (Phi) is 6.59. The summed E-state index contributed by atoms with van der Waals surface area (Å²) >= 11 is 0. The second-order valence-corrected chi connectivity index (χ2v) is 3.85. The standard InChI is InChI=1S/C13H20N4O/c1-3-16-12-9-13(11-15-10-12)17(6-4-5-14)7-8-18-2/h9-11,16H,3-4,6-8H2,1-2H3. The maximum absolute atomic E-state index is 8.69. The van der Waals surface area contributed by atoms with Crippen LogP contribution in [0.3, 0.4) is 0 Å². The summed E-state index contributed by atoms with van der Waals surface area (Å²) in [4.78, 5) is 6.32. The highest BCUT2D eigenvalue weighted by Gasteiger charge is 2.07.